The number of terminal acetylenes is 4. The maximum absolute atomic E-state index is 6.16. The lowest BCUT2D eigenvalue weighted by atomic mass is 9.21. The molecule has 4 atom stereocenters. The van der Waals surface area contributed by atoms with Crippen LogP contribution >= 0.6 is 0 Å². The highest BCUT2D eigenvalue weighted by molar-refractivity contribution is 5.54. The SMILES string of the molecule is C#Cc1ccc(C23CC4(C)CC(C)(C2)CC(C25CC6(C)CC(C)(C2)CC(C27CC8(C)CC(C)(CC(c9ccc(C#C)c(C#C)c9)(C8)C2)C7)(C6)C5)(C4)C3)cc1C#C. The summed E-state index contributed by atoms with van der Waals surface area (Å²) in [5.41, 5.74) is 10.6. The Morgan fingerprint density at radius 3 is 0.875 bits per heavy atom. The maximum atomic E-state index is 6.16. The van der Waals surface area contributed by atoms with Crippen molar-refractivity contribution in [2.24, 2.45) is 54.1 Å². The minimum Gasteiger partial charge on any atom is -0.115 e. The van der Waals surface area contributed by atoms with Crippen LogP contribution in [0, 0.1) is 104 Å². The lowest BCUT2D eigenvalue weighted by Gasteiger charge is -2.83. The van der Waals surface area contributed by atoms with Gasteiger partial charge in [0, 0.05) is 22.3 Å². The average molecular weight is 737 g/mol. The fourth-order valence-corrected chi connectivity index (χ4v) is 22.2. The maximum Gasteiger partial charge on any atom is 0.0402 e. The molecule has 0 amide bonds. The van der Waals surface area contributed by atoms with Gasteiger partial charge in [-0.2, -0.15) is 0 Å². The molecule has 2 aromatic rings. The number of hydrogen-bond acceptors (Lipinski definition) is 0. The van der Waals surface area contributed by atoms with E-state index in [0.29, 0.717) is 54.1 Å². The number of benzene rings is 2. The van der Waals surface area contributed by atoms with Crippen molar-refractivity contribution in [3.63, 3.8) is 0 Å². The molecule has 14 rings (SSSR count). The highest BCUT2D eigenvalue weighted by atomic mass is 14.8. The minimum atomic E-state index is 0.167. The smallest absolute Gasteiger partial charge is 0.0402 e. The second-order valence-electron chi connectivity index (χ2n) is 25.8. The van der Waals surface area contributed by atoms with E-state index in [1.807, 2.05) is 0 Å². The third-order valence-corrected chi connectivity index (χ3v) is 19.9. The van der Waals surface area contributed by atoms with Crippen LogP contribution in [0.25, 0.3) is 0 Å². The van der Waals surface area contributed by atoms with Gasteiger partial charge in [0.25, 0.3) is 0 Å². The first-order valence-electron chi connectivity index (χ1n) is 22.4. The Morgan fingerprint density at radius 1 is 0.321 bits per heavy atom. The van der Waals surface area contributed by atoms with Gasteiger partial charge in [-0.25, -0.2) is 0 Å². The fraction of sp³-hybridized carbons (Fsp3) is 0.643. The molecule has 12 fully saturated rings. The molecule has 0 radical (unpaired) electrons. The molecule has 0 aliphatic heterocycles. The number of rotatable bonds is 4. The molecular formula is C56H64. The van der Waals surface area contributed by atoms with Gasteiger partial charge < -0.3 is 0 Å². The largest absolute Gasteiger partial charge is 0.115 e. The van der Waals surface area contributed by atoms with Gasteiger partial charge in [-0.05, 0) is 216 Å². The quantitative estimate of drug-likeness (QED) is 0.274. The normalized spacial score (nSPS) is 52.3. The van der Waals surface area contributed by atoms with Gasteiger partial charge in [0.2, 0.25) is 0 Å². The zero-order valence-electron chi connectivity index (χ0n) is 35.5. The molecule has 0 nitrogen and oxygen atoms in total. The Labute approximate surface area is 339 Å². The van der Waals surface area contributed by atoms with Crippen molar-refractivity contribution in [2.45, 2.75) is 168 Å². The van der Waals surface area contributed by atoms with Crippen molar-refractivity contribution < 1.29 is 0 Å². The van der Waals surface area contributed by atoms with Gasteiger partial charge in [-0.3, -0.25) is 0 Å². The predicted molar refractivity (Wildman–Crippen MR) is 229 cm³/mol. The van der Waals surface area contributed by atoms with E-state index in [9.17, 15) is 0 Å². The van der Waals surface area contributed by atoms with Gasteiger partial charge >= 0.3 is 0 Å². The first kappa shape index (κ1) is 35.8. The van der Waals surface area contributed by atoms with Crippen LogP contribution in [0.2, 0.25) is 0 Å². The molecule has 12 aliphatic rings. The van der Waals surface area contributed by atoms with Crippen LogP contribution in [0.5, 0.6) is 0 Å². The van der Waals surface area contributed by atoms with Crippen LogP contribution in [0.15, 0.2) is 36.4 Å². The molecule has 12 saturated carbocycles. The molecule has 0 heterocycles. The monoisotopic (exact) mass is 737 g/mol. The van der Waals surface area contributed by atoms with E-state index in [2.05, 4.69) is 102 Å². The van der Waals surface area contributed by atoms with Crippen molar-refractivity contribution in [1.29, 1.82) is 0 Å². The van der Waals surface area contributed by atoms with Crippen molar-refractivity contribution in [1.82, 2.24) is 0 Å². The van der Waals surface area contributed by atoms with Crippen LogP contribution < -0.4 is 0 Å². The van der Waals surface area contributed by atoms with Gasteiger partial charge in [0.1, 0.15) is 0 Å². The summed E-state index contributed by atoms with van der Waals surface area (Å²) in [5, 5.41) is 0. The van der Waals surface area contributed by atoms with E-state index < -0.39 is 0 Å². The zero-order chi connectivity index (χ0) is 39.3. The molecule has 0 saturated heterocycles. The van der Waals surface area contributed by atoms with E-state index >= 15 is 0 Å². The molecule has 0 heteroatoms. The Morgan fingerprint density at radius 2 is 0.589 bits per heavy atom. The van der Waals surface area contributed by atoms with Crippen molar-refractivity contribution >= 4 is 0 Å². The third-order valence-electron chi connectivity index (χ3n) is 19.9. The molecule has 12 aliphatic carbocycles. The van der Waals surface area contributed by atoms with Gasteiger partial charge in [0.15, 0.2) is 0 Å². The van der Waals surface area contributed by atoms with Crippen LogP contribution in [0.4, 0.5) is 0 Å². The fourth-order valence-electron chi connectivity index (χ4n) is 22.2. The Kier molecular flexibility index (Phi) is 6.45. The lowest BCUT2D eigenvalue weighted by molar-refractivity contribution is -0.328. The van der Waals surface area contributed by atoms with E-state index in [0.717, 1.165) is 22.3 Å². The second-order valence-corrected chi connectivity index (χ2v) is 25.8. The van der Waals surface area contributed by atoms with Crippen molar-refractivity contribution in [2.75, 3.05) is 0 Å². The highest BCUT2D eigenvalue weighted by Gasteiger charge is 2.80. The first-order valence-corrected chi connectivity index (χ1v) is 22.4. The van der Waals surface area contributed by atoms with Crippen LogP contribution in [0.1, 0.15) is 190 Å². The molecule has 12 bridgehead atoms. The molecule has 56 heavy (non-hydrogen) atoms. The Bertz CT molecular complexity index is 2100. The molecule has 0 aromatic heterocycles. The van der Waals surface area contributed by atoms with Crippen LogP contribution in [-0.4, -0.2) is 0 Å². The summed E-state index contributed by atoms with van der Waals surface area (Å²) in [6.45, 7) is 16.4. The Hall–Kier alpha value is -3.32. The van der Waals surface area contributed by atoms with Crippen LogP contribution in [-0.2, 0) is 10.8 Å². The molecule has 288 valence electrons. The molecule has 4 unspecified atom stereocenters. The van der Waals surface area contributed by atoms with E-state index in [-0.39, 0.29) is 10.8 Å². The zero-order valence-corrected chi connectivity index (χ0v) is 35.5. The minimum absolute atomic E-state index is 0.167. The summed E-state index contributed by atoms with van der Waals surface area (Å²) < 4.78 is 0. The van der Waals surface area contributed by atoms with Gasteiger partial charge in [0.05, 0.1) is 0 Å². The van der Waals surface area contributed by atoms with E-state index in [1.165, 1.54) is 127 Å². The van der Waals surface area contributed by atoms with Gasteiger partial charge in [-0.15, -0.1) is 25.7 Å². The summed E-state index contributed by atoms with van der Waals surface area (Å²) in [6.07, 6.45) is 49.3. The lowest BCUT2D eigenvalue weighted by Crippen LogP contribution is -2.74. The van der Waals surface area contributed by atoms with Crippen molar-refractivity contribution in [3.05, 3.63) is 69.8 Å². The summed E-state index contributed by atoms with van der Waals surface area (Å²) in [6, 6.07) is 13.9. The standard InChI is InChI=1S/C56H64/c1-11-39-15-17-43(19-41(39)13-3)51-24-45(5)21-46(6,25-51)29-53(28-45,36-51)55-32-49(9)23-50(10,33-55)35-56(34-49,38-55)54-30-47(7)22-48(8,31-54)27-52(26-47,37-54)44-18-16-40(12-2)42(14-4)20-44/h1-4,15-20H,21-38H2,5-10H3. The molecule has 0 N–H and O–H groups in total. The van der Waals surface area contributed by atoms with E-state index in [1.54, 1.807) is 0 Å². The predicted octanol–water partition coefficient (Wildman–Crippen LogP) is 12.9. The molecular weight excluding hydrogens is 673 g/mol. The average Bonchev–Trinajstić information content (AvgIpc) is 3.06. The summed E-state index contributed by atoms with van der Waals surface area (Å²) in [7, 11) is 0. The first-order chi connectivity index (χ1) is 26.2. The van der Waals surface area contributed by atoms with Crippen LogP contribution in [0.3, 0.4) is 0 Å². The molecule has 2 aromatic carbocycles. The van der Waals surface area contributed by atoms with E-state index in [4.69, 9.17) is 25.7 Å². The third kappa shape index (κ3) is 4.40. The molecule has 0 spiro atoms. The topological polar surface area (TPSA) is 0 Å². The highest BCUT2D eigenvalue weighted by Crippen LogP contribution is 2.90. The summed E-state index contributed by atoms with van der Waals surface area (Å²) >= 11 is 0. The Balaban J connectivity index is 1.07. The van der Waals surface area contributed by atoms with Gasteiger partial charge in [-0.1, -0.05) is 77.4 Å². The number of hydrogen-bond donors (Lipinski definition) is 0. The summed E-state index contributed by atoms with van der Waals surface area (Å²) in [4.78, 5) is 0. The van der Waals surface area contributed by atoms with Crippen molar-refractivity contribution in [3.8, 4) is 49.4 Å². The summed E-state index contributed by atoms with van der Waals surface area (Å²) in [5.74, 6) is 11.8. The second kappa shape index (κ2) is 10.1.